The largest absolute Gasteiger partial charge is 0.393 e. The van der Waals surface area contributed by atoms with Gasteiger partial charge in [0, 0.05) is 25.0 Å². The number of ether oxygens (including phenoxy) is 1. The van der Waals surface area contributed by atoms with Gasteiger partial charge in [0.05, 0.1) is 12.2 Å². The van der Waals surface area contributed by atoms with Crippen molar-refractivity contribution >= 4 is 5.91 Å². The van der Waals surface area contributed by atoms with Gasteiger partial charge in [0.1, 0.15) is 5.54 Å². The maximum Gasteiger partial charge on any atom is 0.240 e. The van der Waals surface area contributed by atoms with E-state index in [1.807, 2.05) is 27.7 Å². The molecule has 4 N–H and O–H groups in total. The van der Waals surface area contributed by atoms with Crippen LogP contribution in [0.2, 0.25) is 0 Å². The molecule has 5 nitrogen and oxygen atoms in total. The summed E-state index contributed by atoms with van der Waals surface area (Å²) in [5.74, 6) is 0.115. The second-order valence-electron chi connectivity index (χ2n) is 6.74. The zero-order valence-electron chi connectivity index (χ0n) is 13.4. The molecule has 4 atom stereocenters. The van der Waals surface area contributed by atoms with E-state index in [0.717, 1.165) is 0 Å². The van der Waals surface area contributed by atoms with E-state index in [4.69, 9.17) is 10.5 Å². The van der Waals surface area contributed by atoms with Crippen LogP contribution < -0.4 is 11.1 Å². The quantitative estimate of drug-likeness (QED) is 0.653. The molecule has 1 saturated carbocycles. The van der Waals surface area contributed by atoms with Crippen LogP contribution in [0.5, 0.6) is 0 Å². The summed E-state index contributed by atoms with van der Waals surface area (Å²) in [6, 6.07) is 0. The molecule has 1 rings (SSSR count). The van der Waals surface area contributed by atoms with Crippen LogP contribution in [0.4, 0.5) is 0 Å². The first kappa shape index (κ1) is 17.4. The number of carbonyl (C=O) groups is 1. The first-order valence-corrected chi connectivity index (χ1v) is 7.52. The number of rotatable bonds is 7. The maximum absolute atomic E-state index is 12.3. The molecule has 0 heterocycles. The molecule has 118 valence electrons. The van der Waals surface area contributed by atoms with E-state index >= 15 is 0 Å². The molecule has 0 spiro atoms. The van der Waals surface area contributed by atoms with Crippen molar-refractivity contribution < 1.29 is 14.6 Å². The molecule has 5 heteroatoms. The normalized spacial score (nSPS) is 31.2. The molecule has 0 aromatic rings. The Morgan fingerprint density at radius 1 is 1.50 bits per heavy atom. The fourth-order valence-corrected chi connectivity index (χ4v) is 2.91. The lowest BCUT2D eigenvalue weighted by Gasteiger charge is -2.57. The van der Waals surface area contributed by atoms with E-state index in [1.54, 1.807) is 6.92 Å². The fraction of sp³-hybridized carbons (Fsp3) is 0.933. The molecule has 0 aliphatic heterocycles. The Labute approximate surface area is 122 Å². The van der Waals surface area contributed by atoms with Crippen LogP contribution in [0.3, 0.4) is 0 Å². The molecule has 0 aromatic carbocycles. The summed E-state index contributed by atoms with van der Waals surface area (Å²) in [5.41, 5.74) is 5.07. The lowest BCUT2D eigenvalue weighted by atomic mass is 9.54. The molecule has 20 heavy (non-hydrogen) atoms. The van der Waals surface area contributed by atoms with E-state index in [1.165, 1.54) is 0 Å². The van der Waals surface area contributed by atoms with E-state index in [0.29, 0.717) is 26.0 Å². The average molecular weight is 286 g/mol. The Morgan fingerprint density at radius 3 is 2.55 bits per heavy atom. The fourth-order valence-electron chi connectivity index (χ4n) is 2.91. The Kier molecular flexibility index (Phi) is 5.58. The first-order valence-electron chi connectivity index (χ1n) is 7.52. The van der Waals surface area contributed by atoms with E-state index < -0.39 is 5.54 Å². The molecular weight excluding hydrogens is 256 g/mol. The Morgan fingerprint density at radius 2 is 2.10 bits per heavy atom. The van der Waals surface area contributed by atoms with Crippen LogP contribution in [0.1, 0.15) is 47.5 Å². The lowest BCUT2D eigenvalue weighted by molar-refractivity contribution is -0.170. The van der Waals surface area contributed by atoms with Crippen LogP contribution in [0, 0.1) is 11.3 Å². The third kappa shape index (κ3) is 3.32. The molecule has 0 bridgehead atoms. The average Bonchev–Trinajstić information content (AvgIpc) is 2.34. The van der Waals surface area contributed by atoms with Crippen molar-refractivity contribution in [1.29, 1.82) is 0 Å². The SMILES string of the molecule is CCOC1CC(N)(C(=O)NCC(C)CC(C)O)C1(C)C. The standard InChI is InChI=1S/C15H30N2O3/c1-6-20-12-8-15(16,14(12,4)5)13(19)17-9-10(2)7-11(3)18/h10-12,18H,6-9,16H2,1-5H3,(H,17,19). The van der Waals surface area contributed by atoms with Gasteiger partial charge >= 0.3 is 0 Å². The summed E-state index contributed by atoms with van der Waals surface area (Å²) < 4.78 is 5.62. The zero-order valence-corrected chi connectivity index (χ0v) is 13.4. The number of carbonyl (C=O) groups excluding carboxylic acids is 1. The minimum absolute atomic E-state index is 0.0399. The monoisotopic (exact) mass is 286 g/mol. The molecule has 4 unspecified atom stereocenters. The Balaban J connectivity index is 2.52. The molecule has 1 aliphatic rings. The maximum atomic E-state index is 12.3. The highest BCUT2D eigenvalue weighted by Crippen LogP contribution is 2.49. The number of hydrogen-bond donors (Lipinski definition) is 3. The predicted octanol–water partition coefficient (Wildman–Crippen LogP) is 1.04. The second kappa shape index (κ2) is 6.41. The van der Waals surface area contributed by atoms with Gasteiger partial charge in [-0.2, -0.15) is 0 Å². The van der Waals surface area contributed by atoms with Crippen LogP contribution in [-0.4, -0.2) is 41.9 Å². The predicted molar refractivity (Wildman–Crippen MR) is 79.2 cm³/mol. The van der Waals surface area contributed by atoms with Crippen molar-refractivity contribution in [2.24, 2.45) is 17.1 Å². The van der Waals surface area contributed by atoms with Crippen LogP contribution in [0.25, 0.3) is 0 Å². The summed E-state index contributed by atoms with van der Waals surface area (Å²) in [6.45, 7) is 10.8. The van der Waals surface area contributed by atoms with Gasteiger partial charge in [-0.25, -0.2) is 0 Å². The minimum atomic E-state index is -0.864. The number of nitrogens with one attached hydrogen (secondary N) is 1. The third-order valence-electron chi connectivity index (χ3n) is 4.59. The minimum Gasteiger partial charge on any atom is -0.393 e. The molecule has 0 saturated heterocycles. The van der Waals surface area contributed by atoms with Crippen molar-refractivity contribution in [2.45, 2.75) is 65.2 Å². The second-order valence-corrected chi connectivity index (χ2v) is 6.74. The summed E-state index contributed by atoms with van der Waals surface area (Å²) in [7, 11) is 0. The van der Waals surface area contributed by atoms with Gasteiger partial charge in [0.2, 0.25) is 5.91 Å². The molecule has 1 amide bonds. The van der Waals surface area contributed by atoms with Crippen LogP contribution >= 0.6 is 0 Å². The summed E-state index contributed by atoms with van der Waals surface area (Å²) >= 11 is 0. The van der Waals surface area contributed by atoms with Crippen molar-refractivity contribution in [3.63, 3.8) is 0 Å². The molecule has 1 aliphatic carbocycles. The van der Waals surface area contributed by atoms with Gasteiger partial charge in [-0.1, -0.05) is 20.8 Å². The Bertz CT molecular complexity index is 344. The van der Waals surface area contributed by atoms with Crippen LogP contribution in [0.15, 0.2) is 0 Å². The highest BCUT2D eigenvalue weighted by molar-refractivity contribution is 5.88. The number of amides is 1. The van der Waals surface area contributed by atoms with Crippen molar-refractivity contribution in [1.82, 2.24) is 5.32 Å². The number of aliphatic hydroxyl groups excluding tert-OH is 1. The van der Waals surface area contributed by atoms with E-state index in [-0.39, 0.29) is 29.4 Å². The summed E-state index contributed by atoms with van der Waals surface area (Å²) in [5, 5.41) is 12.2. The highest BCUT2D eigenvalue weighted by atomic mass is 16.5. The molecule has 1 fully saturated rings. The smallest absolute Gasteiger partial charge is 0.240 e. The summed E-state index contributed by atoms with van der Waals surface area (Å²) in [4.78, 5) is 12.3. The lowest BCUT2D eigenvalue weighted by Crippen LogP contribution is -2.75. The number of aliphatic hydroxyl groups is 1. The topological polar surface area (TPSA) is 84.6 Å². The van der Waals surface area contributed by atoms with Gasteiger partial charge < -0.3 is 20.9 Å². The van der Waals surface area contributed by atoms with Gasteiger partial charge in [0.25, 0.3) is 0 Å². The van der Waals surface area contributed by atoms with Gasteiger partial charge in [-0.15, -0.1) is 0 Å². The molecular formula is C15H30N2O3. The van der Waals surface area contributed by atoms with Crippen LogP contribution in [-0.2, 0) is 9.53 Å². The van der Waals surface area contributed by atoms with Crippen molar-refractivity contribution in [3.8, 4) is 0 Å². The number of nitrogens with two attached hydrogens (primary N) is 1. The number of hydrogen-bond acceptors (Lipinski definition) is 4. The highest BCUT2D eigenvalue weighted by Gasteiger charge is 2.62. The van der Waals surface area contributed by atoms with E-state index in [9.17, 15) is 9.90 Å². The Hall–Kier alpha value is -0.650. The zero-order chi connectivity index (χ0) is 15.6. The third-order valence-corrected chi connectivity index (χ3v) is 4.59. The van der Waals surface area contributed by atoms with Crippen molar-refractivity contribution in [3.05, 3.63) is 0 Å². The van der Waals surface area contributed by atoms with Crippen molar-refractivity contribution in [2.75, 3.05) is 13.2 Å². The van der Waals surface area contributed by atoms with Gasteiger partial charge in [-0.3, -0.25) is 4.79 Å². The van der Waals surface area contributed by atoms with Gasteiger partial charge in [0.15, 0.2) is 0 Å². The first-order chi connectivity index (χ1) is 9.15. The summed E-state index contributed by atoms with van der Waals surface area (Å²) in [6.07, 6.45) is 0.919. The molecule has 0 radical (unpaired) electrons. The molecule has 0 aromatic heterocycles. The van der Waals surface area contributed by atoms with Gasteiger partial charge in [-0.05, 0) is 26.2 Å². The van der Waals surface area contributed by atoms with E-state index in [2.05, 4.69) is 5.32 Å².